The minimum atomic E-state index is 0.665. The van der Waals surface area contributed by atoms with Crippen LogP contribution in [0.3, 0.4) is 0 Å². The molecule has 0 fully saturated rings. The maximum absolute atomic E-state index is 6.13. The zero-order valence-electron chi connectivity index (χ0n) is 12.1. The number of para-hydroxylation sites is 1. The molecule has 4 nitrogen and oxygen atoms in total. The molecule has 0 amide bonds. The number of rotatable bonds is 3. The van der Waals surface area contributed by atoms with Crippen molar-refractivity contribution in [3.05, 3.63) is 78.3 Å². The molecule has 1 N–H and O–H groups in total. The average molecular weight is 321 g/mol. The number of nitrogens with one attached hydrogen (secondary N) is 1. The first-order valence-electron chi connectivity index (χ1n) is 7.20. The Morgan fingerprint density at radius 2 is 1.87 bits per heavy atom. The maximum Gasteiger partial charge on any atom is 0.133 e. The largest absolute Gasteiger partial charge is 0.340 e. The van der Waals surface area contributed by atoms with Gasteiger partial charge in [0.15, 0.2) is 0 Å². The molecule has 4 rings (SSSR count). The van der Waals surface area contributed by atoms with E-state index in [1.54, 1.807) is 12.5 Å². The van der Waals surface area contributed by atoms with Gasteiger partial charge in [-0.15, -0.1) is 0 Å². The first kappa shape index (κ1) is 13.8. The number of aromatic nitrogens is 3. The molecule has 0 aliphatic carbocycles. The molecule has 0 aliphatic heterocycles. The van der Waals surface area contributed by atoms with Gasteiger partial charge in [-0.25, -0.2) is 9.97 Å². The van der Waals surface area contributed by atoms with Crippen molar-refractivity contribution in [2.45, 2.75) is 0 Å². The smallest absolute Gasteiger partial charge is 0.133 e. The Morgan fingerprint density at radius 1 is 1.00 bits per heavy atom. The third-order valence-corrected chi connectivity index (χ3v) is 3.81. The van der Waals surface area contributed by atoms with Gasteiger partial charge in [-0.05, 0) is 30.3 Å². The van der Waals surface area contributed by atoms with Crippen LogP contribution in [-0.4, -0.2) is 14.5 Å². The standard InChI is InChI=1S/C18H13ClN4/c19-13-6-7-15-16(10-13)22-18(21-14-4-2-1-3-5-14)11-17(15)23-9-8-20-12-23/h1-12H,(H,21,22). The van der Waals surface area contributed by atoms with Crippen LogP contribution in [0.15, 0.2) is 73.3 Å². The van der Waals surface area contributed by atoms with Crippen molar-refractivity contribution in [3.63, 3.8) is 0 Å². The van der Waals surface area contributed by atoms with Gasteiger partial charge in [0, 0.05) is 34.6 Å². The Morgan fingerprint density at radius 3 is 2.65 bits per heavy atom. The van der Waals surface area contributed by atoms with Crippen LogP contribution >= 0.6 is 11.6 Å². The monoisotopic (exact) mass is 320 g/mol. The van der Waals surface area contributed by atoms with E-state index in [-0.39, 0.29) is 0 Å². The van der Waals surface area contributed by atoms with Crippen LogP contribution in [0.5, 0.6) is 0 Å². The molecule has 0 radical (unpaired) electrons. The summed E-state index contributed by atoms with van der Waals surface area (Å²) in [5.41, 5.74) is 2.82. The molecule has 2 aromatic carbocycles. The third kappa shape index (κ3) is 2.76. The van der Waals surface area contributed by atoms with Crippen molar-refractivity contribution >= 4 is 34.0 Å². The molecule has 0 atom stereocenters. The highest BCUT2D eigenvalue weighted by Gasteiger charge is 2.08. The molecule has 112 valence electrons. The molecule has 0 saturated heterocycles. The lowest BCUT2D eigenvalue weighted by atomic mass is 10.1. The zero-order valence-corrected chi connectivity index (χ0v) is 12.9. The molecule has 23 heavy (non-hydrogen) atoms. The molecular weight excluding hydrogens is 308 g/mol. The second-order valence-electron chi connectivity index (χ2n) is 5.15. The van der Waals surface area contributed by atoms with E-state index in [4.69, 9.17) is 11.6 Å². The summed E-state index contributed by atoms with van der Waals surface area (Å²) in [4.78, 5) is 8.81. The predicted octanol–water partition coefficient (Wildman–Crippen LogP) is 4.82. The van der Waals surface area contributed by atoms with Gasteiger partial charge in [0.25, 0.3) is 0 Å². The van der Waals surface area contributed by atoms with E-state index >= 15 is 0 Å². The lowest BCUT2D eigenvalue weighted by Gasteiger charge is -2.12. The molecule has 0 aliphatic rings. The summed E-state index contributed by atoms with van der Waals surface area (Å²) in [6.45, 7) is 0. The molecule has 2 aromatic heterocycles. The first-order chi connectivity index (χ1) is 11.3. The number of anilines is 2. The Labute approximate surface area is 138 Å². The number of hydrogen-bond acceptors (Lipinski definition) is 3. The van der Waals surface area contributed by atoms with Gasteiger partial charge in [0.1, 0.15) is 5.82 Å². The predicted molar refractivity (Wildman–Crippen MR) is 93.6 cm³/mol. The van der Waals surface area contributed by atoms with Gasteiger partial charge >= 0.3 is 0 Å². The molecule has 4 aromatic rings. The number of nitrogens with zero attached hydrogens (tertiary/aromatic N) is 3. The lowest BCUT2D eigenvalue weighted by Crippen LogP contribution is -1.99. The van der Waals surface area contributed by atoms with E-state index < -0.39 is 0 Å². The van der Waals surface area contributed by atoms with Gasteiger partial charge in [0.2, 0.25) is 0 Å². The second-order valence-corrected chi connectivity index (χ2v) is 5.59. The Bertz CT molecular complexity index is 950. The van der Waals surface area contributed by atoms with Crippen LogP contribution in [0.2, 0.25) is 5.02 Å². The van der Waals surface area contributed by atoms with Crippen molar-refractivity contribution in [2.24, 2.45) is 0 Å². The first-order valence-corrected chi connectivity index (χ1v) is 7.58. The average Bonchev–Trinajstić information content (AvgIpc) is 3.09. The topological polar surface area (TPSA) is 42.7 Å². The van der Waals surface area contributed by atoms with E-state index in [2.05, 4.69) is 15.3 Å². The maximum atomic E-state index is 6.13. The molecule has 0 spiro atoms. The van der Waals surface area contributed by atoms with E-state index in [1.165, 1.54) is 0 Å². The molecule has 0 bridgehead atoms. The lowest BCUT2D eigenvalue weighted by molar-refractivity contribution is 1.06. The fourth-order valence-corrected chi connectivity index (χ4v) is 2.70. The van der Waals surface area contributed by atoms with Crippen LogP contribution < -0.4 is 5.32 Å². The highest BCUT2D eigenvalue weighted by molar-refractivity contribution is 6.31. The molecule has 0 unspecified atom stereocenters. The number of imidazole rings is 1. The SMILES string of the molecule is Clc1ccc2c(-n3ccnc3)cc(Nc3ccccc3)nc2c1. The van der Waals surface area contributed by atoms with Gasteiger partial charge in [-0.2, -0.15) is 0 Å². The summed E-state index contributed by atoms with van der Waals surface area (Å²) >= 11 is 6.13. The van der Waals surface area contributed by atoms with Crippen molar-refractivity contribution in [2.75, 3.05) is 5.32 Å². The summed E-state index contributed by atoms with van der Waals surface area (Å²) in [5, 5.41) is 5.01. The van der Waals surface area contributed by atoms with E-state index in [0.29, 0.717) is 5.02 Å². The highest BCUT2D eigenvalue weighted by atomic mass is 35.5. The Kier molecular flexibility index (Phi) is 3.44. The minimum Gasteiger partial charge on any atom is -0.340 e. The van der Waals surface area contributed by atoms with E-state index in [0.717, 1.165) is 28.1 Å². The third-order valence-electron chi connectivity index (χ3n) is 3.58. The number of pyridine rings is 1. The van der Waals surface area contributed by atoms with Crippen molar-refractivity contribution in [1.82, 2.24) is 14.5 Å². The fourth-order valence-electron chi connectivity index (χ4n) is 2.53. The van der Waals surface area contributed by atoms with Crippen LogP contribution in [0, 0.1) is 0 Å². The molecule has 2 heterocycles. The van der Waals surface area contributed by atoms with Crippen molar-refractivity contribution in [3.8, 4) is 5.69 Å². The van der Waals surface area contributed by atoms with Crippen molar-refractivity contribution in [1.29, 1.82) is 0 Å². The van der Waals surface area contributed by atoms with Crippen LogP contribution in [0.25, 0.3) is 16.6 Å². The summed E-state index contributed by atoms with van der Waals surface area (Å²) in [5.74, 6) is 0.759. The van der Waals surface area contributed by atoms with Crippen LogP contribution in [0.4, 0.5) is 11.5 Å². The highest BCUT2D eigenvalue weighted by Crippen LogP contribution is 2.27. The van der Waals surface area contributed by atoms with Gasteiger partial charge in [0.05, 0.1) is 17.5 Å². The number of halogens is 1. The summed E-state index contributed by atoms with van der Waals surface area (Å²) in [6.07, 6.45) is 5.44. The van der Waals surface area contributed by atoms with Gasteiger partial charge in [-0.1, -0.05) is 29.8 Å². The van der Waals surface area contributed by atoms with Crippen LogP contribution in [-0.2, 0) is 0 Å². The summed E-state index contributed by atoms with van der Waals surface area (Å²) in [7, 11) is 0. The second kappa shape index (κ2) is 5.74. The minimum absolute atomic E-state index is 0.665. The normalized spacial score (nSPS) is 10.8. The number of hydrogen-bond donors (Lipinski definition) is 1. The van der Waals surface area contributed by atoms with E-state index in [1.807, 2.05) is 65.4 Å². The quantitative estimate of drug-likeness (QED) is 0.588. The number of fused-ring (bicyclic) bond motifs is 1. The van der Waals surface area contributed by atoms with Crippen molar-refractivity contribution < 1.29 is 0 Å². The van der Waals surface area contributed by atoms with E-state index in [9.17, 15) is 0 Å². The molecule has 5 heteroatoms. The fraction of sp³-hybridized carbons (Fsp3) is 0. The molecular formula is C18H13ClN4. The summed E-state index contributed by atoms with van der Waals surface area (Å²) in [6, 6.07) is 17.7. The zero-order chi connectivity index (χ0) is 15.6. The van der Waals surface area contributed by atoms with Gasteiger partial charge < -0.3 is 9.88 Å². The van der Waals surface area contributed by atoms with Crippen LogP contribution in [0.1, 0.15) is 0 Å². The van der Waals surface area contributed by atoms with Gasteiger partial charge in [-0.3, -0.25) is 0 Å². The number of benzene rings is 2. The summed E-state index contributed by atoms with van der Waals surface area (Å²) < 4.78 is 1.97. The Balaban J connectivity index is 1.89. The Hall–Kier alpha value is -2.85. The molecule has 0 saturated carbocycles.